The molecule has 4 unspecified atom stereocenters. The Labute approximate surface area is 120 Å². The van der Waals surface area contributed by atoms with Crippen LogP contribution in [-0.4, -0.2) is 18.3 Å². The maximum atomic E-state index is 13.1. The summed E-state index contributed by atoms with van der Waals surface area (Å²) in [7, 11) is 0. The standard InChI is InChI=1S/C16H28F3N/c1-2-12-6-5-7-13(11-10-12)20-15-9-4-3-8-14(15)16(17,18)19/h12-15,20H,2-11H2,1H3. The number of hydrogen-bond acceptors (Lipinski definition) is 1. The zero-order valence-corrected chi connectivity index (χ0v) is 12.5. The molecular weight excluding hydrogens is 263 g/mol. The third-order valence-corrected chi connectivity index (χ3v) is 5.30. The molecule has 118 valence electrons. The molecule has 4 heteroatoms. The van der Waals surface area contributed by atoms with Crippen molar-refractivity contribution in [2.75, 3.05) is 0 Å². The summed E-state index contributed by atoms with van der Waals surface area (Å²) in [6.45, 7) is 2.22. The Hall–Kier alpha value is -0.250. The summed E-state index contributed by atoms with van der Waals surface area (Å²) in [6, 6.07) is -0.0357. The molecule has 0 amide bonds. The highest BCUT2D eigenvalue weighted by atomic mass is 19.4. The van der Waals surface area contributed by atoms with Crippen molar-refractivity contribution in [2.45, 2.75) is 89.4 Å². The molecule has 1 N–H and O–H groups in total. The smallest absolute Gasteiger partial charge is 0.311 e. The van der Waals surface area contributed by atoms with Gasteiger partial charge in [-0.15, -0.1) is 0 Å². The van der Waals surface area contributed by atoms with Gasteiger partial charge in [0.15, 0.2) is 0 Å². The van der Waals surface area contributed by atoms with Crippen molar-refractivity contribution in [3.63, 3.8) is 0 Å². The van der Waals surface area contributed by atoms with Crippen molar-refractivity contribution >= 4 is 0 Å². The van der Waals surface area contributed by atoms with E-state index in [1.807, 2.05) is 0 Å². The number of nitrogens with one attached hydrogen (secondary N) is 1. The van der Waals surface area contributed by atoms with E-state index in [9.17, 15) is 13.2 Å². The second kappa shape index (κ2) is 7.15. The van der Waals surface area contributed by atoms with Crippen LogP contribution < -0.4 is 5.32 Å². The molecule has 0 aromatic carbocycles. The normalized spacial score (nSPS) is 36.6. The molecule has 2 fully saturated rings. The van der Waals surface area contributed by atoms with Gasteiger partial charge in [0.05, 0.1) is 5.92 Å². The van der Waals surface area contributed by atoms with Gasteiger partial charge in [0.1, 0.15) is 0 Å². The Morgan fingerprint density at radius 2 is 1.65 bits per heavy atom. The fourth-order valence-corrected chi connectivity index (χ4v) is 3.98. The minimum absolute atomic E-state index is 0.305. The molecule has 0 aromatic rings. The summed E-state index contributed by atoms with van der Waals surface area (Å²) >= 11 is 0. The fraction of sp³-hybridized carbons (Fsp3) is 1.00. The van der Waals surface area contributed by atoms with E-state index < -0.39 is 12.1 Å². The molecule has 0 spiro atoms. The first-order valence-corrected chi connectivity index (χ1v) is 8.33. The number of halogens is 3. The van der Waals surface area contributed by atoms with Crippen molar-refractivity contribution < 1.29 is 13.2 Å². The van der Waals surface area contributed by atoms with Gasteiger partial charge < -0.3 is 5.32 Å². The summed E-state index contributed by atoms with van der Waals surface area (Å²) in [5, 5.41) is 3.38. The molecule has 2 rings (SSSR count). The predicted octanol–water partition coefficient (Wildman–Crippen LogP) is 5.06. The van der Waals surface area contributed by atoms with Crippen LogP contribution in [0.1, 0.15) is 71.1 Å². The highest BCUT2D eigenvalue weighted by Crippen LogP contribution is 2.38. The molecule has 2 aliphatic carbocycles. The highest BCUT2D eigenvalue weighted by Gasteiger charge is 2.45. The van der Waals surface area contributed by atoms with Gasteiger partial charge in [-0.05, 0) is 38.0 Å². The maximum absolute atomic E-state index is 13.1. The minimum Gasteiger partial charge on any atom is -0.311 e. The van der Waals surface area contributed by atoms with E-state index in [-0.39, 0.29) is 6.04 Å². The highest BCUT2D eigenvalue weighted by molar-refractivity contribution is 4.88. The SMILES string of the molecule is CCC1CCCC(NC2CCCCC2C(F)(F)F)CC1. The van der Waals surface area contributed by atoms with Gasteiger partial charge in [-0.25, -0.2) is 0 Å². The zero-order valence-electron chi connectivity index (χ0n) is 12.5. The van der Waals surface area contributed by atoms with Crippen LogP contribution in [0.3, 0.4) is 0 Å². The van der Waals surface area contributed by atoms with Crippen molar-refractivity contribution in [3.8, 4) is 0 Å². The van der Waals surface area contributed by atoms with Gasteiger partial charge in [-0.3, -0.25) is 0 Å². The molecule has 2 aliphatic rings. The zero-order chi connectivity index (χ0) is 14.6. The Morgan fingerprint density at radius 1 is 0.900 bits per heavy atom. The quantitative estimate of drug-likeness (QED) is 0.717. The predicted molar refractivity (Wildman–Crippen MR) is 75.6 cm³/mol. The van der Waals surface area contributed by atoms with E-state index in [2.05, 4.69) is 12.2 Å². The van der Waals surface area contributed by atoms with E-state index in [1.54, 1.807) is 0 Å². The average Bonchev–Trinajstić information content (AvgIpc) is 2.63. The fourth-order valence-electron chi connectivity index (χ4n) is 3.98. The summed E-state index contributed by atoms with van der Waals surface area (Å²) in [5.41, 5.74) is 0. The van der Waals surface area contributed by atoms with Gasteiger partial charge in [0.25, 0.3) is 0 Å². The van der Waals surface area contributed by atoms with E-state index in [4.69, 9.17) is 0 Å². The lowest BCUT2D eigenvalue weighted by atomic mass is 9.83. The van der Waals surface area contributed by atoms with Crippen LogP contribution >= 0.6 is 0 Å². The monoisotopic (exact) mass is 291 g/mol. The van der Waals surface area contributed by atoms with Gasteiger partial charge in [0, 0.05) is 12.1 Å². The van der Waals surface area contributed by atoms with Crippen molar-refractivity contribution in [1.29, 1.82) is 0 Å². The Kier molecular flexibility index (Phi) is 5.76. The molecule has 20 heavy (non-hydrogen) atoms. The second-order valence-electron chi connectivity index (χ2n) is 6.69. The van der Waals surface area contributed by atoms with Crippen LogP contribution in [0.5, 0.6) is 0 Å². The Balaban J connectivity index is 1.90. The Bertz CT molecular complexity index is 290. The molecule has 0 saturated heterocycles. The van der Waals surface area contributed by atoms with Crippen LogP contribution in [0.4, 0.5) is 13.2 Å². The third-order valence-electron chi connectivity index (χ3n) is 5.30. The van der Waals surface area contributed by atoms with E-state index in [0.717, 1.165) is 31.6 Å². The molecule has 0 bridgehead atoms. The molecule has 0 radical (unpaired) electrons. The van der Waals surface area contributed by atoms with Crippen molar-refractivity contribution in [3.05, 3.63) is 0 Å². The lowest BCUT2D eigenvalue weighted by molar-refractivity contribution is -0.189. The van der Waals surface area contributed by atoms with Gasteiger partial charge in [-0.2, -0.15) is 13.2 Å². The number of alkyl halides is 3. The second-order valence-corrected chi connectivity index (χ2v) is 6.69. The number of rotatable bonds is 3. The molecule has 2 saturated carbocycles. The molecular formula is C16H28F3N. The van der Waals surface area contributed by atoms with Gasteiger partial charge >= 0.3 is 6.18 Å². The van der Waals surface area contributed by atoms with E-state index >= 15 is 0 Å². The molecule has 0 aliphatic heterocycles. The first-order chi connectivity index (χ1) is 9.50. The largest absolute Gasteiger partial charge is 0.393 e. The minimum atomic E-state index is -4.03. The topological polar surface area (TPSA) is 12.0 Å². The van der Waals surface area contributed by atoms with Crippen molar-refractivity contribution in [1.82, 2.24) is 5.32 Å². The average molecular weight is 291 g/mol. The lowest BCUT2D eigenvalue weighted by Crippen LogP contribution is -2.49. The van der Waals surface area contributed by atoms with Crippen LogP contribution in [0.25, 0.3) is 0 Å². The van der Waals surface area contributed by atoms with E-state index in [0.29, 0.717) is 18.9 Å². The van der Waals surface area contributed by atoms with Crippen LogP contribution in [0.2, 0.25) is 0 Å². The third kappa shape index (κ3) is 4.37. The number of hydrogen-bond donors (Lipinski definition) is 1. The summed E-state index contributed by atoms with van der Waals surface area (Å²) in [4.78, 5) is 0. The molecule has 4 atom stereocenters. The maximum Gasteiger partial charge on any atom is 0.393 e. The van der Waals surface area contributed by atoms with Crippen molar-refractivity contribution in [2.24, 2.45) is 11.8 Å². The van der Waals surface area contributed by atoms with Crippen LogP contribution in [-0.2, 0) is 0 Å². The van der Waals surface area contributed by atoms with Crippen LogP contribution in [0.15, 0.2) is 0 Å². The molecule has 1 nitrogen and oxygen atoms in total. The van der Waals surface area contributed by atoms with Crippen LogP contribution in [0, 0.1) is 11.8 Å². The Morgan fingerprint density at radius 3 is 2.35 bits per heavy atom. The molecule has 0 aromatic heterocycles. The summed E-state index contributed by atoms with van der Waals surface area (Å²) < 4.78 is 39.3. The first kappa shape index (κ1) is 16.1. The first-order valence-electron chi connectivity index (χ1n) is 8.33. The summed E-state index contributed by atoms with van der Waals surface area (Å²) in [6.07, 6.45) is 5.55. The van der Waals surface area contributed by atoms with E-state index in [1.165, 1.54) is 25.7 Å². The van der Waals surface area contributed by atoms with Gasteiger partial charge in [-0.1, -0.05) is 39.0 Å². The van der Waals surface area contributed by atoms with Gasteiger partial charge in [0.2, 0.25) is 0 Å². The lowest BCUT2D eigenvalue weighted by Gasteiger charge is -2.36. The molecule has 0 heterocycles. The summed E-state index contributed by atoms with van der Waals surface area (Å²) in [5.74, 6) is -0.340.